The minimum Gasteiger partial charge on any atom is -0.495 e. The monoisotopic (exact) mass is 346 g/mol. The van der Waals surface area contributed by atoms with Gasteiger partial charge in [0.1, 0.15) is 5.75 Å². The topological polar surface area (TPSA) is 29.5 Å². The average molecular weight is 347 g/mol. The molecule has 0 aliphatic rings. The van der Waals surface area contributed by atoms with Crippen molar-refractivity contribution in [3.63, 3.8) is 0 Å². The van der Waals surface area contributed by atoms with Crippen molar-refractivity contribution in [2.24, 2.45) is 0 Å². The van der Waals surface area contributed by atoms with Gasteiger partial charge in [0.15, 0.2) is 0 Å². The van der Waals surface area contributed by atoms with Gasteiger partial charge in [-0.1, -0.05) is 23.2 Å². The van der Waals surface area contributed by atoms with E-state index in [0.29, 0.717) is 21.4 Å². The minimum absolute atomic E-state index is 0.424. The zero-order valence-corrected chi connectivity index (χ0v) is 11.3. The van der Waals surface area contributed by atoms with Gasteiger partial charge < -0.3 is 9.84 Å². The number of benzene rings is 1. The minimum atomic E-state index is -0.631. The number of halogens is 3. The molecule has 5 heteroatoms. The lowest BCUT2D eigenvalue weighted by molar-refractivity contribution is 0.194. The molecule has 0 heterocycles. The molecule has 1 rings (SSSR count). The Hall–Kier alpha value is 0.290. The van der Waals surface area contributed by atoms with Gasteiger partial charge in [0, 0.05) is 5.56 Å². The first-order valence-corrected chi connectivity index (χ1v) is 5.72. The second-order valence-corrected chi connectivity index (χ2v) is 4.65. The Labute approximate surface area is 106 Å². The number of aliphatic hydroxyl groups excluding tert-OH is 1. The SMILES string of the molecule is COc1c(C(C)O)cc(Cl)c(Cl)c1I. The Bertz CT molecular complexity index is 353. The van der Waals surface area contributed by atoms with Crippen molar-refractivity contribution < 1.29 is 9.84 Å². The highest BCUT2D eigenvalue weighted by molar-refractivity contribution is 14.1. The average Bonchev–Trinajstić information content (AvgIpc) is 2.13. The van der Waals surface area contributed by atoms with Crippen molar-refractivity contribution in [2.45, 2.75) is 13.0 Å². The quantitative estimate of drug-likeness (QED) is 0.654. The third kappa shape index (κ3) is 2.27. The normalized spacial score (nSPS) is 12.7. The number of rotatable bonds is 2. The molecule has 0 radical (unpaired) electrons. The molecule has 1 aromatic rings. The number of hydrogen-bond acceptors (Lipinski definition) is 2. The van der Waals surface area contributed by atoms with E-state index in [4.69, 9.17) is 27.9 Å². The van der Waals surface area contributed by atoms with Crippen LogP contribution in [-0.4, -0.2) is 12.2 Å². The molecule has 0 spiro atoms. The molecule has 0 fully saturated rings. The lowest BCUT2D eigenvalue weighted by Crippen LogP contribution is -1.99. The highest BCUT2D eigenvalue weighted by Gasteiger charge is 2.17. The predicted molar refractivity (Wildman–Crippen MR) is 66.4 cm³/mol. The molecule has 0 saturated carbocycles. The number of ether oxygens (including phenoxy) is 1. The van der Waals surface area contributed by atoms with Crippen LogP contribution in [0.5, 0.6) is 5.75 Å². The molecule has 0 bridgehead atoms. The van der Waals surface area contributed by atoms with E-state index in [2.05, 4.69) is 0 Å². The number of hydrogen-bond donors (Lipinski definition) is 1. The molecule has 1 aromatic carbocycles. The fourth-order valence-electron chi connectivity index (χ4n) is 1.11. The molecule has 0 aliphatic carbocycles. The number of methoxy groups -OCH3 is 1. The number of aliphatic hydroxyl groups is 1. The Morgan fingerprint density at radius 3 is 2.50 bits per heavy atom. The van der Waals surface area contributed by atoms with Crippen LogP contribution in [0, 0.1) is 3.57 Å². The van der Waals surface area contributed by atoms with Gasteiger partial charge in [0.25, 0.3) is 0 Å². The maximum atomic E-state index is 9.49. The second kappa shape index (κ2) is 4.88. The van der Waals surface area contributed by atoms with E-state index in [0.717, 1.165) is 3.57 Å². The van der Waals surface area contributed by atoms with Gasteiger partial charge >= 0.3 is 0 Å². The van der Waals surface area contributed by atoms with Gasteiger partial charge in [-0.15, -0.1) is 0 Å². The van der Waals surface area contributed by atoms with Crippen molar-refractivity contribution in [1.82, 2.24) is 0 Å². The molecule has 14 heavy (non-hydrogen) atoms. The molecule has 0 saturated heterocycles. The molecular formula is C9H9Cl2IO2. The Morgan fingerprint density at radius 1 is 1.50 bits per heavy atom. The summed E-state index contributed by atoms with van der Waals surface area (Å²) in [5, 5.41) is 10.4. The maximum Gasteiger partial charge on any atom is 0.139 e. The lowest BCUT2D eigenvalue weighted by Gasteiger charge is -2.14. The van der Waals surface area contributed by atoms with Gasteiger partial charge in [-0.05, 0) is 35.6 Å². The van der Waals surface area contributed by atoms with Crippen molar-refractivity contribution in [3.8, 4) is 5.75 Å². The first-order chi connectivity index (χ1) is 6.49. The van der Waals surface area contributed by atoms with Gasteiger partial charge in [-0.2, -0.15) is 0 Å². The predicted octanol–water partition coefficient (Wildman–Crippen LogP) is 3.66. The zero-order valence-electron chi connectivity index (χ0n) is 7.64. The molecule has 1 unspecified atom stereocenters. The van der Waals surface area contributed by atoms with E-state index < -0.39 is 6.10 Å². The maximum absolute atomic E-state index is 9.49. The summed E-state index contributed by atoms with van der Waals surface area (Å²) in [7, 11) is 1.54. The summed E-state index contributed by atoms with van der Waals surface area (Å²) in [6.07, 6.45) is -0.631. The first-order valence-electron chi connectivity index (χ1n) is 3.88. The van der Waals surface area contributed by atoms with E-state index in [1.807, 2.05) is 22.6 Å². The zero-order chi connectivity index (χ0) is 10.9. The van der Waals surface area contributed by atoms with E-state index >= 15 is 0 Å². The summed E-state index contributed by atoms with van der Waals surface area (Å²) in [5.41, 5.74) is 0.645. The molecule has 0 aliphatic heterocycles. The molecule has 78 valence electrons. The summed E-state index contributed by atoms with van der Waals surface area (Å²) < 4.78 is 5.88. The summed E-state index contributed by atoms with van der Waals surface area (Å²) >= 11 is 13.9. The van der Waals surface area contributed by atoms with Gasteiger partial charge in [-0.3, -0.25) is 0 Å². The van der Waals surface area contributed by atoms with Crippen LogP contribution >= 0.6 is 45.8 Å². The van der Waals surface area contributed by atoms with Crippen molar-refractivity contribution >= 4 is 45.8 Å². The van der Waals surface area contributed by atoms with Crippen molar-refractivity contribution in [2.75, 3.05) is 7.11 Å². The highest BCUT2D eigenvalue weighted by Crippen LogP contribution is 2.39. The van der Waals surface area contributed by atoms with E-state index in [-0.39, 0.29) is 0 Å². The standard InChI is InChI=1S/C9H9Cl2IO2/c1-4(13)5-3-6(10)7(11)8(12)9(5)14-2/h3-4,13H,1-2H3. The van der Waals surface area contributed by atoms with Crippen LogP contribution in [0.3, 0.4) is 0 Å². The first kappa shape index (κ1) is 12.4. The molecule has 0 amide bonds. The van der Waals surface area contributed by atoms with Crippen LogP contribution < -0.4 is 4.74 Å². The fourth-order valence-corrected chi connectivity index (χ4v) is 2.45. The van der Waals surface area contributed by atoms with Crippen molar-refractivity contribution in [3.05, 3.63) is 25.2 Å². The molecule has 1 atom stereocenters. The summed E-state index contributed by atoms with van der Waals surface area (Å²) in [6.45, 7) is 1.65. The summed E-state index contributed by atoms with van der Waals surface area (Å²) in [6, 6.07) is 1.62. The Kier molecular flexibility index (Phi) is 4.30. The van der Waals surface area contributed by atoms with Crippen LogP contribution in [0.4, 0.5) is 0 Å². The van der Waals surface area contributed by atoms with E-state index in [1.54, 1.807) is 13.0 Å². The van der Waals surface area contributed by atoms with Crippen LogP contribution in [0.25, 0.3) is 0 Å². The Balaban J connectivity index is 3.43. The van der Waals surface area contributed by atoms with Crippen LogP contribution in [0.1, 0.15) is 18.6 Å². The van der Waals surface area contributed by atoms with Gasteiger partial charge in [0.05, 0.1) is 26.8 Å². The molecule has 0 aromatic heterocycles. The molecule has 1 N–H and O–H groups in total. The largest absolute Gasteiger partial charge is 0.495 e. The van der Waals surface area contributed by atoms with Crippen LogP contribution in [0.2, 0.25) is 10.0 Å². The summed E-state index contributed by atoms with van der Waals surface area (Å²) in [4.78, 5) is 0. The van der Waals surface area contributed by atoms with E-state index in [1.165, 1.54) is 7.11 Å². The van der Waals surface area contributed by atoms with Crippen LogP contribution in [-0.2, 0) is 0 Å². The van der Waals surface area contributed by atoms with Crippen LogP contribution in [0.15, 0.2) is 6.07 Å². The molecular weight excluding hydrogens is 338 g/mol. The second-order valence-electron chi connectivity index (χ2n) is 2.78. The third-order valence-electron chi connectivity index (χ3n) is 1.80. The Morgan fingerprint density at radius 2 is 2.07 bits per heavy atom. The van der Waals surface area contributed by atoms with Gasteiger partial charge in [0.2, 0.25) is 0 Å². The molecule has 2 nitrogen and oxygen atoms in total. The van der Waals surface area contributed by atoms with Gasteiger partial charge in [-0.25, -0.2) is 0 Å². The third-order valence-corrected chi connectivity index (χ3v) is 3.94. The van der Waals surface area contributed by atoms with Crippen molar-refractivity contribution in [1.29, 1.82) is 0 Å². The summed E-state index contributed by atoms with van der Waals surface area (Å²) in [5.74, 6) is 0.579. The fraction of sp³-hybridized carbons (Fsp3) is 0.333. The van der Waals surface area contributed by atoms with E-state index in [9.17, 15) is 5.11 Å². The smallest absolute Gasteiger partial charge is 0.139 e. The lowest BCUT2D eigenvalue weighted by atomic mass is 10.1. The highest BCUT2D eigenvalue weighted by atomic mass is 127.